The van der Waals surface area contributed by atoms with Gasteiger partial charge in [0.2, 0.25) is 10.0 Å². The molecule has 6 nitrogen and oxygen atoms in total. The Morgan fingerprint density at radius 2 is 2.19 bits per heavy atom. The first-order valence-electron chi connectivity index (χ1n) is 6.38. The number of hydrogen-bond acceptors (Lipinski definition) is 4. The van der Waals surface area contributed by atoms with Gasteiger partial charge >= 0.3 is 0 Å². The molecule has 21 heavy (non-hydrogen) atoms. The molecule has 0 unspecified atom stereocenters. The van der Waals surface area contributed by atoms with Crippen LogP contribution in [0.25, 0.3) is 0 Å². The maximum absolute atomic E-state index is 13.7. The Balaban J connectivity index is 2.13. The summed E-state index contributed by atoms with van der Waals surface area (Å²) in [4.78, 5) is 3.89. The molecule has 8 heteroatoms. The minimum absolute atomic E-state index is 0.0208. The highest BCUT2D eigenvalue weighted by Gasteiger charge is 2.17. The second-order valence-corrected chi connectivity index (χ2v) is 6.38. The van der Waals surface area contributed by atoms with Crippen LogP contribution in [0, 0.1) is 12.7 Å². The molecule has 0 bridgehead atoms. The third-order valence-electron chi connectivity index (χ3n) is 3.05. The van der Waals surface area contributed by atoms with Gasteiger partial charge in [-0.25, -0.2) is 22.5 Å². The number of halogens is 1. The Kier molecular flexibility index (Phi) is 4.71. The molecule has 0 saturated carbocycles. The van der Waals surface area contributed by atoms with Crippen molar-refractivity contribution in [2.45, 2.75) is 24.9 Å². The lowest BCUT2D eigenvalue weighted by Crippen LogP contribution is -2.27. The van der Waals surface area contributed by atoms with Crippen molar-refractivity contribution in [3.05, 3.63) is 47.8 Å². The smallest absolute Gasteiger partial charge is 0.240 e. The van der Waals surface area contributed by atoms with E-state index in [4.69, 9.17) is 5.73 Å². The first-order chi connectivity index (χ1) is 9.94. The van der Waals surface area contributed by atoms with Crippen LogP contribution in [0.15, 0.2) is 35.7 Å². The van der Waals surface area contributed by atoms with E-state index in [1.165, 1.54) is 19.1 Å². The van der Waals surface area contributed by atoms with Gasteiger partial charge in [-0.05, 0) is 24.6 Å². The van der Waals surface area contributed by atoms with Crippen molar-refractivity contribution in [1.82, 2.24) is 14.3 Å². The van der Waals surface area contributed by atoms with Crippen LogP contribution >= 0.6 is 0 Å². The molecule has 0 radical (unpaired) electrons. The van der Waals surface area contributed by atoms with Gasteiger partial charge in [-0.1, -0.05) is 0 Å². The fraction of sp³-hybridized carbons (Fsp3) is 0.308. The number of hydrogen-bond donors (Lipinski definition) is 2. The zero-order valence-electron chi connectivity index (χ0n) is 11.6. The molecule has 0 spiro atoms. The summed E-state index contributed by atoms with van der Waals surface area (Å²) in [5.74, 6) is -0.463. The van der Waals surface area contributed by atoms with Crippen molar-refractivity contribution >= 4 is 10.0 Å². The summed E-state index contributed by atoms with van der Waals surface area (Å²) >= 11 is 0. The largest absolute Gasteiger partial charge is 0.336 e. The maximum atomic E-state index is 13.7. The number of nitrogens with one attached hydrogen (secondary N) is 1. The van der Waals surface area contributed by atoms with Gasteiger partial charge in [0.25, 0.3) is 0 Å². The van der Waals surface area contributed by atoms with Crippen LogP contribution in [0.5, 0.6) is 0 Å². The Hall–Kier alpha value is -1.77. The molecule has 0 aliphatic carbocycles. The van der Waals surface area contributed by atoms with Crippen LogP contribution in [0.1, 0.15) is 11.1 Å². The van der Waals surface area contributed by atoms with E-state index in [0.29, 0.717) is 6.54 Å². The van der Waals surface area contributed by atoms with Crippen molar-refractivity contribution in [2.24, 2.45) is 5.73 Å². The number of aryl methyl sites for hydroxylation is 1. The molecule has 1 aromatic carbocycles. The van der Waals surface area contributed by atoms with E-state index >= 15 is 0 Å². The number of aromatic nitrogens is 2. The van der Waals surface area contributed by atoms with E-state index in [1.54, 1.807) is 23.3 Å². The van der Waals surface area contributed by atoms with Crippen molar-refractivity contribution in [2.75, 3.05) is 6.54 Å². The van der Waals surface area contributed by atoms with Gasteiger partial charge in [-0.3, -0.25) is 0 Å². The van der Waals surface area contributed by atoms with Gasteiger partial charge in [0.15, 0.2) is 0 Å². The highest BCUT2D eigenvalue weighted by atomic mass is 32.2. The maximum Gasteiger partial charge on any atom is 0.240 e. The molecule has 114 valence electrons. The number of nitrogens with two attached hydrogens (primary N) is 1. The Labute approximate surface area is 122 Å². The highest BCUT2D eigenvalue weighted by Crippen LogP contribution is 2.18. The second kappa shape index (κ2) is 6.33. The molecule has 3 N–H and O–H groups in total. The Bertz CT molecular complexity index is 714. The molecule has 2 rings (SSSR count). The predicted molar refractivity (Wildman–Crippen MR) is 76.4 cm³/mol. The number of sulfonamides is 1. The minimum atomic E-state index is -3.69. The molecule has 1 heterocycles. The lowest BCUT2D eigenvalue weighted by molar-refractivity contribution is 0.570. The van der Waals surface area contributed by atoms with E-state index < -0.39 is 15.8 Å². The van der Waals surface area contributed by atoms with Gasteiger partial charge in [-0.15, -0.1) is 0 Å². The van der Waals surface area contributed by atoms with Gasteiger partial charge in [0, 0.05) is 37.6 Å². The number of benzene rings is 1. The summed E-state index contributed by atoms with van der Waals surface area (Å²) in [6, 6.07) is 2.57. The fourth-order valence-corrected chi connectivity index (χ4v) is 3.08. The summed E-state index contributed by atoms with van der Waals surface area (Å²) in [6.07, 6.45) is 4.96. The van der Waals surface area contributed by atoms with Crippen LogP contribution in [-0.2, 0) is 23.1 Å². The quantitative estimate of drug-likeness (QED) is 0.824. The molecule has 1 aromatic heterocycles. The van der Waals surface area contributed by atoms with E-state index in [2.05, 4.69) is 9.71 Å². The third kappa shape index (κ3) is 3.66. The molecule has 2 aromatic rings. The van der Waals surface area contributed by atoms with Crippen molar-refractivity contribution in [1.29, 1.82) is 0 Å². The lowest BCUT2D eigenvalue weighted by atomic mass is 10.1. The lowest BCUT2D eigenvalue weighted by Gasteiger charge is -2.10. The topological polar surface area (TPSA) is 90.0 Å². The minimum Gasteiger partial charge on any atom is -0.336 e. The van der Waals surface area contributed by atoms with Crippen LogP contribution in [-0.4, -0.2) is 24.5 Å². The Morgan fingerprint density at radius 3 is 2.81 bits per heavy atom. The van der Waals surface area contributed by atoms with Crippen molar-refractivity contribution in [3.8, 4) is 0 Å². The van der Waals surface area contributed by atoms with Gasteiger partial charge in [-0.2, -0.15) is 0 Å². The summed E-state index contributed by atoms with van der Waals surface area (Å²) in [6.45, 7) is 2.14. The molecule has 0 fully saturated rings. The molecular weight excluding hydrogens is 295 g/mol. The average molecular weight is 312 g/mol. The summed E-state index contributed by atoms with van der Waals surface area (Å²) in [5.41, 5.74) is 5.87. The van der Waals surface area contributed by atoms with Gasteiger partial charge in [0.05, 0.1) is 11.2 Å². The zero-order chi connectivity index (χ0) is 15.5. The van der Waals surface area contributed by atoms with Gasteiger partial charge < -0.3 is 10.3 Å². The van der Waals surface area contributed by atoms with E-state index in [9.17, 15) is 12.8 Å². The summed E-state index contributed by atoms with van der Waals surface area (Å²) in [7, 11) is -3.69. The van der Waals surface area contributed by atoms with Crippen LogP contribution in [0.2, 0.25) is 0 Å². The molecule has 0 atom stereocenters. The third-order valence-corrected chi connectivity index (χ3v) is 4.50. The molecule has 0 saturated heterocycles. The van der Waals surface area contributed by atoms with E-state index in [0.717, 1.165) is 0 Å². The van der Waals surface area contributed by atoms with E-state index in [-0.39, 0.29) is 29.1 Å². The predicted octanol–water partition coefficient (Wildman–Crippen LogP) is 0.768. The summed E-state index contributed by atoms with van der Waals surface area (Å²) < 4.78 is 42.3. The molecular formula is C13H17FN4O2S. The first kappa shape index (κ1) is 15.6. The van der Waals surface area contributed by atoms with E-state index in [1.807, 2.05) is 0 Å². The highest BCUT2D eigenvalue weighted by molar-refractivity contribution is 7.89. The van der Waals surface area contributed by atoms with Crippen molar-refractivity contribution < 1.29 is 12.8 Å². The SMILES string of the molecule is Cc1cc(S(=O)(=O)NCCn2ccnc2)cc(CN)c1F. The second-order valence-electron chi connectivity index (χ2n) is 4.62. The first-order valence-corrected chi connectivity index (χ1v) is 7.87. The Morgan fingerprint density at radius 1 is 1.43 bits per heavy atom. The van der Waals surface area contributed by atoms with Crippen molar-refractivity contribution in [3.63, 3.8) is 0 Å². The standard InChI is InChI=1S/C13H17FN4O2S/c1-10-6-12(7-11(8-15)13(10)14)21(19,20)17-3-5-18-4-2-16-9-18/h2,4,6-7,9,17H,3,5,8,15H2,1H3. The molecule has 0 aliphatic heterocycles. The van der Waals surface area contributed by atoms with Crippen LogP contribution < -0.4 is 10.5 Å². The average Bonchev–Trinajstić information content (AvgIpc) is 2.94. The summed E-state index contributed by atoms with van der Waals surface area (Å²) in [5, 5.41) is 0. The van der Waals surface area contributed by atoms with Gasteiger partial charge in [0.1, 0.15) is 5.82 Å². The zero-order valence-corrected chi connectivity index (χ0v) is 12.4. The molecule has 0 amide bonds. The van der Waals surface area contributed by atoms with Crippen LogP contribution in [0.4, 0.5) is 4.39 Å². The number of nitrogens with zero attached hydrogens (tertiary/aromatic N) is 2. The number of imidazole rings is 1. The fourth-order valence-electron chi connectivity index (χ4n) is 1.92. The normalized spacial score (nSPS) is 11.8. The molecule has 0 aliphatic rings. The van der Waals surface area contributed by atoms with Crippen LogP contribution in [0.3, 0.4) is 0 Å². The number of rotatable bonds is 6. The monoisotopic (exact) mass is 312 g/mol.